The molecule has 0 aliphatic carbocycles. The maximum absolute atomic E-state index is 12.1. The molecule has 1 aromatic carbocycles. The Bertz CT molecular complexity index is 439. The second kappa shape index (κ2) is 4.84. The summed E-state index contributed by atoms with van der Waals surface area (Å²) < 4.78 is 25.2. The number of aliphatic hydroxyl groups excluding tert-OH is 1. The van der Waals surface area contributed by atoms with Crippen LogP contribution in [0.3, 0.4) is 0 Å². The number of aliphatic hydroxyl groups is 1. The third-order valence-corrected chi connectivity index (χ3v) is 3.38. The predicted molar refractivity (Wildman–Crippen MR) is 60.0 cm³/mol. The molecule has 2 aromatic rings. The zero-order chi connectivity index (χ0) is 11.5. The van der Waals surface area contributed by atoms with Gasteiger partial charge in [0.1, 0.15) is 6.10 Å². The third-order valence-electron chi connectivity index (χ3n) is 2.28. The van der Waals surface area contributed by atoms with E-state index in [9.17, 15) is 8.78 Å². The van der Waals surface area contributed by atoms with Gasteiger partial charge in [0.25, 0.3) is 6.43 Å². The maximum atomic E-state index is 12.1. The number of rotatable bonds is 4. The smallest absolute Gasteiger partial charge is 0.264 e. The molecule has 0 saturated heterocycles. The highest BCUT2D eigenvalue weighted by atomic mass is 32.1. The van der Waals surface area contributed by atoms with Gasteiger partial charge in [0, 0.05) is 6.42 Å². The summed E-state index contributed by atoms with van der Waals surface area (Å²) in [5.74, 6) is 0. The Morgan fingerprint density at radius 3 is 2.75 bits per heavy atom. The standard InChI is InChI=1S/C11H11F2NOS/c12-11(13)8(15)5-6-10-14-7-3-1-2-4-9(7)16-10/h1-4,8,11,15H,5-6H2. The molecule has 0 radical (unpaired) electrons. The zero-order valence-electron chi connectivity index (χ0n) is 8.44. The lowest BCUT2D eigenvalue weighted by atomic mass is 10.2. The van der Waals surface area contributed by atoms with Crippen molar-refractivity contribution in [3.8, 4) is 0 Å². The normalized spacial score (nSPS) is 13.5. The summed E-state index contributed by atoms with van der Waals surface area (Å²) >= 11 is 1.48. The number of aryl methyl sites for hydroxylation is 1. The minimum atomic E-state index is -2.67. The first-order valence-corrected chi connectivity index (χ1v) is 5.79. The van der Waals surface area contributed by atoms with Gasteiger partial charge >= 0.3 is 0 Å². The summed E-state index contributed by atoms with van der Waals surface area (Å²) in [6, 6.07) is 7.64. The fraction of sp³-hybridized carbons (Fsp3) is 0.364. The molecule has 1 heterocycles. The van der Waals surface area contributed by atoms with E-state index in [0.29, 0.717) is 6.42 Å². The van der Waals surface area contributed by atoms with E-state index in [-0.39, 0.29) is 6.42 Å². The van der Waals surface area contributed by atoms with Crippen LogP contribution < -0.4 is 0 Å². The average Bonchev–Trinajstić information content (AvgIpc) is 2.68. The van der Waals surface area contributed by atoms with Gasteiger partial charge in [-0.15, -0.1) is 11.3 Å². The van der Waals surface area contributed by atoms with Crippen LogP contribution in [-0.2, 0) is 6.42 Å². The Kier molecular flexibility index (Phi) is 3.46. The number of hydrogen-bond acceptors (Lipinski definition) is 3. The molecule has 86 valence electrons. The lowest BCUT2D eigenvalue weighted by Gasteiger charge is -2.06. The van der Waals surface area contributed by atoms with E-state index in [1.807, 2.05) is 24.3 Å². The molecule has 2 nitrogen and oxygen atoms in total. The monoisotopic (exact) mass is 243 g/mol. The summed E-state index contributed by atoms with van der Waals surface area (Å²) in [6.07, 6.45) is -3.77. The Labute approximate surface area is 95.6 Å². The van der Waals surface area contributed by atoms with Crippen LogP contribution in [0.15, 0.2) is 24.3 Å². The van der Waals surface area contributed by atoms with Crippen LogP contribution in [0.2, 0.25) is 0 Å². The first kappa shape index (κ1) is 11.4. The molecule has 1 N–H and O–H groups in total. The van der Waals surface area contributed by atoms with Crippen LogP contribution in [0.1, 0.15) is 11.4 Å². The average molecular weight is 243 g/mol. The van der Waals surface area contributed by atoms with Crippen LogP contribution in [-0.4, -0.2) is 22.6 Å². The second-order valence-corrected chi connectivity index (χ2v) is 4.63. The molecule has 5 heteroatoms. The Hall–Kier alpha value is -1.07. The number of para-hydroxylation sites is 1. The minimum absolute atomic E-state index is 0.0531. The van der Waals surface area contributed by atoms with Crippen molar-refractivity contribution < 1.29 is 13.9 Å². The predicted octanol–water partition coefficient (Wildman–Crippen LogP) is 2.85. The van der Waals surface area contributed by atoms with E-state index in [2.05, 4.69) is 4.98 Å². The highest BCUT2D eigenvalue weighted by molar-refractivity contribution is 7.18. The van der Waals surface area contributed by atoms with E-state index in [1.165, 1.54) is 11.3 Å². The fourth-order valence-corrected chi connectivity index (χ4v) is 2.41. The molecular formula is C11H11F2NOS. The van der Waals surface area contributed by atoms with Crippen molar-refractivity contribution in [3.63, 3.8) is 0 Å². The Morgan fingerprint density at radius 2 is 2.06 bits per heavy atom. The molecule has 1 aromatic heterocycles. The first-order chi connectivity index (χ1) is 7.66. The van der Waals surface area contributed by atoms with Crippen molar-refractivity contribution in [2.75, 3.05) is 0 Å². The van der Waals surface area contributed by atoms with Gasteiger partial charge in [0.05, 0.1) is 15.2 Å². The lowest BCUT2D eigenvalue weighted by molar-refractivity contribution is -0.00849. The van der Waals surface area contributed by atoms with Crippen LogP contribution in [0.5, 0.6) is 0 Å². The number of fused-ring (bicyclic) bond motifs is 1. The lowest BCUT2D eigenvalue weighted by Crippen LogP contribution is -2.17. The van der Waals surface area contributed by atoms with Crippen LogP contribution in [0.25, 0.3) is 10.2 Å². The summed E-state index contributed by atoms with van der Waals surface area (Å²) in [5, 5.41) is 9.78. The topological polar surface area (TPSA) is 33.1 Å². The van der Waals surface area contributed by atoms with E-state index >= 15 is 0 Å². The van der Waals surface area contributed by atoms with Crippen molar-refractivity contribution in [3.05, 3.63) is 29.3 Å². The number of halogens is 2. The summed E-state index contributed by atoms with van der Waals surface area (Å²) in [5.41, 5.74) is 0.883. The molecule has 0 bridgehead atoms. The van der Waals surface area contributed by atoms with Crippen molar-refractivity contribution in [1.29, 1.82) is 0 Å². The van der Waals surface area contributed by atoms with Gasteiger partial charge in [-0.1, -0.05) is 12.1 Å². The second-order valence-electron chi connectivity index (χ2n) is 3.52. The van der Waals surface area contributed by atoms with E-state index in [0.717, 1.165) is 15.2 Å². The number of aromatic nitrogens is 1. The van der Waals surface area contributed by atoms with Crippen LogP contribution in [0.4, 0.5) is 8.78 Å². The molecule has 1 unspecified atom stereocenters. The van der Waals surface area contributed by atoms with Gasteiger partial charge in [-0.2, -0.15) is 0 Å². The van der Waals surface area contributed by atoms with Gasteiger partial charge in [0.2, 0.25) is 0 Å². The largest absolute Gasteiger partial charge is 0.387 e. The van der Waals surface area contributed by atoms with Crippen molar-refractivity contribution in [2.45, 2.75) is 25.4 Å². The van der Waals surface area contributed by atoms with Gasteiger partial charge in [0.15, 0.2) is 0 Å². The molecule has 1 atom stereocenters. The first-order valence-electron chi connectivity index (χ1n) is 4.97. The highest BCUT2D eigenvalue weighted by Crippen LogP contribution is 2.23. The molecule has 2 rings (SSSR count). The maximum Gasteiger partial charge on any atom is 0.264 e. The molecule has 0 fully saturated rings. The number of thiazole rings is 1. The number of nitrogens with zero attached hydrogens (tertiary/aromatic N) is 1. The van der Waals surface area contributed by atoms with Crippen LogP contribution >= 0.6 is 11.3 Å². The van der Waals surface area contributed by atoms with Gasteiger partial charge in [-0.3, -0.25) is 0 Å². The quantitative estimate of drug-likeness (QED) is 0.895. The van der Waals surface area contributed by atoms with Crippen molar-refractivity contribution in [1.82, 2.24) is 4.98 Å². The number of benzene rings is 1. The van der Waals surface area contributed by atoms with E-state index in [1.54, 1.807) is 0 Å². The molecule has 16 heavy (non-hydrogen) atoms. The zero-order valence-corrected chi connectivity index (χ0v) is 9.25. The van der Waals surface area contributed by atoms with Gasteiger partial charge in [-0.25, -0.2) is 13.8 Å². The molecule has 0 saturated carbocycles. The molecule has 0 amide bonds. The van der Waals surface area contributed by atoms with E-state index < -0.39 is 12.5 Å². The highest BCUT2D eigenvalue weighted by Gasteiger charge is 2.17. The van der Waals surface area contributed by atoms with Crippen LogP contribution in [0, 0.1) is 0 Å². The minimum Gasteiger partial charge on any atom is -0.387 e. The summed E-state index contributed by atoms with van der Waals surface area (Å²) in [7, 11) is 0. The molecule has 0 spiro atoms. The number of alkyl halides is 2. The third kappa shape index (κ3) is 2.54. The Balaban J connectivity index is 2.05. The Morgan fingerprint density at radius 1 is 1.31 bits per heavy atom. The number of hydrogen-bond donors (Lipinski definition) is 1. The van der Waals surface area contributed by atoms with Crippen molar-refractivity contribution >= 4 is 21.6 Å². The summed E-state index contributed by atoms with van der Waals surface area (Å²) in [4.78, 5) is 4.31. The molecule has 0 aliphatic heterocycles. The molecule has 0 aliphatic rings. The summed E-state index contributed by atoms with van der Waals surface area (Å²) in [6.45, 7) is 0. The van der Waals surface area contributed by atoms with Gasteiger partial charge in [-0.05, 0) is 18.6 Å². The van der Waals surface area contributed by atoms with E-state index in [4.69, 9.17) is 5.11 Å². The van der Waals surface area contributed by atoms with Gasteiger partial charge < -0.3 is 5.11 Å². The van der Waals surface area contributed by atoms with Crippen molar-refractivity contribution in [2.24, 2.45) is 0 Å². The molecular weight excluding hydrogens is 232 g/mol. The SMILES string of the molecule is OC(CCc1nc2ccccc2s1)C(F)F. The fourth-order valence-electron chi connectivity index (χ4n) is 1.42.